The van der Waals surface area contributed by atoms with Crippen LogP contribution in [0, 0.1) is 16.0 Å². The number of nitrogens with one attached hydrogen (secondary N) is 1. The van der Waals surface area contributed by atoms with Gasteiger partial charge in [0.25, 0.3) is 5.69 Å². The second-order valence-corrected chi connectivity index (χ2v) is 6.00. The number of esters is 1. The van der Waals surface area contributed by atoms with E-state index >= 15 is 0 Å². The zero-order valence-electron chi connectivity index (χ0n) is 12.8. The van der Waals surface area contributed by atoms with Crippen molar-refractivity contribution in [2.45, 2.75) is 31.8 Å². The van der Waals surface area contributed by atoms with Gasteiger partial charge >= 0.3 is 5.97 Å². The van der Waals surface area contributed by atoms with Crippen LogP contribution < -0.4 is 5.32 Å². The molecule has 0 aliphatic heterocycles. The van der Waals surface area contributed by atoms with Crippen molar-refractivity contribution in [3.8, 4) is 0 Å². The molecule has 0 saturated heterocycles. The Labute approximate surface area is 138 Å². The Morgan fingerprint density at radius 2 is 2.17 bits per heavy atom. The maximum Gasteiger partial charge on any atom is 0.339 e. The van der Waals surface area contributed by atoms with Gasteiger partial charge in [-0.2, -0.15) is 0 Å². The molecule has 0 amide bonds. The molecule has 23 heavy (non-hydrogen) atoms. The first-order valence-corrected chi connectivity index (χ1v) is 7.80. The van der Waals surface area contributed by atoms with E-state index in [1.165, 1.54) is 13.2 Å². The van der Waals surface area contributed by atoms with Crippen LogP contribution in [0.15, 0.2) is 12.1 Å². The van der Waals surface area contributed by atoms with Gasteiger partial charge < -0.3 is 15.2 Å². The van der Waals surface area contributed by atoms with Gasteiger partial charge in [-0.25, -0.2) is 4.79 Å². The average molecular weight is 343 g/mol. The number of carbonyl (C=O) groups is 1. The van der Waals surface area contributed by atoms with Crippen LogP contribution in [0.25, 0.3) is 0 Å². The average Bonchev–Trinajstić information content (AvgIpc) is 3.06. The first-order valence-electron chi connectivity index (χ1n) is 7.42. The summed E-state index contributed by atoms with van der Waals surface area (Å²) in [6.45, 7) is 0.194. The Balaban J connectivity index is 2.18. The molecule has 7 nitrogen and oxygen atoms in total. The lowest BCUT2D eigenvalue weighted by atomic mass is 10.0. The van der Waals surface area contributed by atoms with E-state index in [0.29, 0.717) is 0 Å². The predicted molar refractivity (Wildman–Crippen MR) is 85.9 cm³/mol. The van der Waals surface area contributed by atoms with E-state index in [9.17, 15) is 20.0 Å². The topological polar surface area (TPSA) is 102 Å². The lowest BCUT2D eigenvalue weighted by molar-refractivity contribution is -0.384. The Hall–Kier alpha value is -1.86. The highest BCUT2D eigenvalue weighted by Crippen LogP contribution is 2.33. The summed E-state index contributed by atoms with van der Waals surface area (Å²) in [7, 11) is 1.18. The van der Waals surface area contributed by atoms with Gasteiger partial charge in [0.05, 0.1) is 28.7 Å². The number of aliphatic hydroxyl groups is 1. The summed E-state index contributed by atoms with van der Waals surface area (Å²) >= 11 is 6.00. The van der Waals surface area contributed by atoms with Crippen LogP contribution in [0.2, 0.25) is 5.02 Å². The maximum atomic E-state index is 11.6. The first kappa shape index (κ1) is 17.5. The van der Waals surface area contributed by atoms with Crippen molar-refractivity contribution < 1.29 is 19.6 Å². The Morgan fingerprint density at radius 3 is 2.74 bits per heavy atom. The normalized spacial score (nSPS) is 16.1. The standard InChI is InChI=1S/C15H19ClN2O5/c1-23-15(20)10-6-13(18(21)22)12(7-11(10)16)17-8-14(19)9-4-2-3-5-9/h6-7,9,14,17,19H,2-5,8H2,1H3. The van der Waals surface area contributed by atoms with Crippen molar-refractivity contribution in [2.24, 2.45) is 5.92 Å². The van der Waals surface area contributed by atoms with E-state index in [0.717, 1.165) is 31.7 Å². The minimum Gasteiger partial charge on any atom is -0.465 e. The summed E-state index contributed by atoms with van der Waals surface area (Å²) in [6, 6.07) is 2.39. The Morgan fingerprint density at radius 1 is 1.52 bits per heavy atom. The molecule has 2 rings (SSSR count). The smallest absolute Gasteiger partial charge is 0.339 e. The molecule has 1 saturated carbocycles. The quantitative estimate of drug-likeness (QED) is 0.468. The monoisotopic (exact) mass is 342 g/mol. The number of ether oxygens (including phenoxy) is 1. The third-order valence-corrected chi connectivity index (χ3v) is 4.45. The summed E-state index contributed by atoms with van der Waals surface area (Å²) < 4.78 is 4.55. The lowest BCUT2D eigenvalue weighted by Gasteiger charge is -2.19. The number of halogens is 1. The minimum atomic E-state index is -0.740. The fourth-order valence-corrected chi connectivity index (χ4v) is 3.09. The van der Waals surface area contributed by atoms with Crippen LogP contribution in [-0.4, -0.2) is 35.8 Å². The fraction of sp³-hybridized carbons (Fsp3) is 0.533. The minimum absolute atomic E-state index is 0.0558. The largest absolute Gasteiger partial charge is 0.465 e. The molecule has 2 N–H and O–H groups in total. The summed E-state index contributed by atoms with van der Waals surface area (Å²) in [5, 5.41) is 24.3. The van der Waals surface area contributed by atoms with Crippen molar-refractivity contribution in [3.63, 3.8) is 0 Å². The van der Waals surface area contributed by atoms with E-state index in [2.05, 4.69) is 10.1 Å². The van der Waals surface area contributed by atoms with Gasteiger partial charge in [-0.1, -0.05) is 24.4 Å². The second kappa shape index (κ2) is 7.61. The number of nitrogens with zero attached hydrogens (tertiary/aromatic N) is 1. The number of rotatable bonds is 6. The molecule has 1 aliphatic carbocycles. The maximum absolute atomic E-state index is 11.6. The molecule has 8 heteroatoms. The van der Waals surface area contributed by atoms with Crippen molar-refractivity contribution in [3.05, 3.63) is 32.8 Å². The van der Waals surface area contributed by atoms with E-state index < -0.39 is 17.0 Å². The Kier molecular flexibility index (Phi) is 5.79. The summed E-state index contributed by atoms with van der Waals surface area (Å²) in [5.74, 6) is -0.526. The van der Waals surface area contributed by atoms with E-state index in [1.54, 1.807) is 0 Å². The zero-order valence-corrected chi connectivity index (χ0v) is 13.5. The first-order chi connectivity index (χ1) is 10.9. The highest BCUT2D eigenvalue weighted by atomic mass is 35.5. The number of methoxy groups -OCH3 is 1. The predicted octanol–water partition coefficient (Wildman–Crippen LogP) is 3.00. The van der Waals surface area contributed by atoms with Crippen molar-refractivity contribution in [1.29, 1.82) is 0 Å². The lowest BCUT2D eigenvalue weighted by Crippen LogP contribution is -2.27. The number of carbonyl (C=O) groups excluding carboxylic acids is 1. The highest BCUT2D eigenvalue weighted by Gasteiger charge is 2.25. The van der Waals surface area contributed by atoms with E-state index in [-0.39, 0.29) is 34.4 Å². The SMILES string of the molecule is COC(=O)c1cc([N+](=O)[O-])c(NCC(O)C2CCCC2)cc1Cl. The van der Waals surface area contributed by atoms with E-state index in [4.69, 9.17) is 11.6 Å². The zero-order chi connectivity index (χ0) is 17.0. The molecule has 0 heterocycles. The van der Waals surface area contributed by atoms with Gasteiger partial charge in [-0.3, -0.25) is 10.1 Å². The number of anilines is 1. The molecule has 1 atom stereocenters. The molecule has 1 aliphatic rings. The fourth-order valence-electron chi connectivity index (χ4n) is 2.84. The number of benzene rings is 1. The molecular formula is C15H19ClN2O5. The molecule has 126 valence electrons. The molecule has 0 bridgehead atoms. The van der Waals surface area contributed by atoms with Crippen LogP contribution in [0.5, 0.6) is 0 Å². The number of hydrogen-bond donors (Lipinski definition) is 2. The molecule has 1 fully saturated rings. The summed E-state index contributed by atoms with van der Waals surface area (Å²) in [5.41, 5.74) is -0.180. The van der Waals surface area contributed by atoms with Gasteiger partial charge in [-0.15, -0.1) is 0 Å². The molecular weight excluding hydrogens is 324 g/mol. The van der Waals surface area contributed by atoms with Crippen LogP contribution in [0.4, 0.5) is 11.4 Å². The van der Waals surface area contributed by atoms with Crippen LogP contribution in [0.3, 0.4) is 0 Å². The molecule has 0 aromatic heterocycles. The van der Waals surface area contributed by atoms with Crippen molar-refractivity contribution >= 4 is 28.9 Å². The molecule has 1 unspecified atom stereocenters. The van der Waals surface area contributed by atoms with Gasteiger partial charge in [-0.05, 0) is 24.8 Å². The second-order valence-electron chi connectivity index (χ2n) is 5.59. The van der Waals surface area contributed by atoms with Gasteiger partial charge in [0.15, 0.2) is 0 Å². The number of nitro benzene ring substituents is 1. The van der Waals surface area contributed by atoms with Crippen LogP contribution in [-0.2, 0) is 4.74 Å². The summed E-state index contributed by atoms with van der Waals surface area (Å²) in [4.78, 5) is 22.2. The summed E-state index contributed by atoms with van der Waals surface area (Å²) in [6.07, 6.45) is 3.55. The third kappa shape index (κ3) is 4.11. The molecule has 0 radical (unpaired) electrons. The number of aliphatic hydroxyl groups excluding tert-OH is 1. The number of nitro groups is 1. The number of hydrogen-bond acceptors (Lipinski definition) is 6. The van der Waals surface area contributed by atoms with E-state index in [1.807, 2.05) is 0 Å². The van der Waals surface area contributed by atoms with Crippen LogP contribution >= 0.6 is 11.6 Å². The molecule has 1 aromatic rings. The Bertz CT molecular complexity index is 602. The molecule has 1 aromatic carbocycles. The third-order valence-electron chi connectivity index (χ3n) is 4.13. The van der Waals surface area contributed by atoms with Gasteiger partial charge in [0.1, 0.15) is 5.69 Å². The van der Waals surface area contributed by atoms with Crippen LogP contribution in [0.1, 0.15) is 36.0 Å². The molecule has 0 spiro atoms. The van der Waals surface area contributed by atoms with Gasteiger partial charge in [0.2, 0.25) is 0 Å². The van der Waals surface area contributed by atoms with Crippen molar-refractivity contribution in [2.75, 3.05) is 19.0 Å². The van der Waals surface area contributed by atoms with Gasteiger partial charge in [0, 0.05) is 12.6 Å². The highest BCUT2D eigenvalue weighted by molar-refractivity contribution is 6.34. The van der Waals surface area contributed by atoms with Crippen molar-refractivity contribution in [1.82, 2.24) is 0 Å².